The van der Waals surface area contributed by atoms with Crippen LogP contribution < -0.4 is 0 Å². The van der Waals surface area contributed by atoms with E-state index in [1.807, 2.05) is 0 Å². The van der Waals surface area contributed by atoms with Crippen molar-refractivity contribution in [3.8, 4) is 0 Å². The highest BCUT2D eigenvalue weighted by Gasteiger charge is 2.25. The number of rotatable bonds is 2. The van der Waals surface area contributed by atoms with Gasteiger partial charge in [-0.25, -0.2) is 0 Å². The molecule has 80 valence electrons. The normalized spacial score (nSPS) is 33.8. The molecule has 2 nitrogen and oxygen atoms in total. The zero-order valence-electron chi connectivity index (χ0n) is 9.17. The summed E-state index contributed by atoms with van der Waals surface area (Å²) >= 11 is 0. The number of hydrogen-bond acceptors (Lipinski definition) is 1. The Morgan fingerprint density at radius 2 is 2.00 bits per heavy atom. The Morgan fingerprint density at radius 1 is 1.29 bits per heavy atom. The van der Waals surface area contributed by atoms with E-state index in [0.717, 1.165) is 37.8 Å². The molecule has 2 fully saturated rings. The maximum atomic E-state index is 11.4. The summed E-state index contributed by atoms with van der Waals surface area (Å²) in [6.45, 7) is 4.41. The van der Waals surface area contributed by atoms with E-state index in [1.54, 1.807) is 0 Å². The molecule has 1 amide bonds. The van der Waals surface area contributed by atoms with E-state index in [4.69, 9.17) is 0 Å². The molecule has 2 aliphatic rings. The zero-order chi connectivity index (χ0) is 9.97. The Kier molecular flexibility index (Phi) is 3.09. The standard InChI is InChI=1S/C12H21NO/c1-10-4-6-11(7-5-10)9-13-8-2-3-12(13)14/h10-11H,2-9H2,1H3/t10-,11-. The van der Waals surface area contributed by atoms with Crippen molar-refractivity contribution < 1.29 is 4.79 Å². The topological polar surface area (TPSA) is 20.3 Å². The highest BCUT2D eigenvalue weighted by atomic mass is 16.2. The first-order chi connectivity index (χ1) is 6.75. The van der Waals surface area contributed by atoms with Gasteiger partial charge in [0.05, 0.1) is 0 Å². The van der Waals surface area contributed by atoms with Gasteiger partial charge in [0.2, 0.25) is 5.91 Å². The van der Waals surface area contributed by atoms with Crippen LogP contribution in [0.15, 0.2) is 0 Å². The molecule has 1 heterocycles. The lowest BCUT2D eigenvalue weighted by Gasteiger charge is -2.29. The van der Waals surface area contributed by atoms with Gasteiger partial charge in [0, 0.05) is 19.5 Å². The summed E-state index contributed by atoms with van der Waals surface area (Å²) in [4.78, 5) is 13.5. The molecule has 1 saturated carbocycles. The molecule has 1 aliphatic heterocycles. The third-order valence-electron chi connectivity index (χ3n) is 3.79. The molecule has 1 aliphatic carbocycles. The summed E-state index contributed by atoms with van der Waals surface area (Å²) in [6.07, 6.45) is 7.29. The predicted octanol–water partition coefficient (Wildman–Crippen LogP) is 2.44. The summed E-state index contributed by atoms with van der Waals surface area (Å²) in [6, 6.07) is 0. The molecule has 2 rings (SSSR count). The van der Waals surface area contributed by atoms with Gasteiger partial charge < -0.3 is 4.90 Å². The Balaban J connectivity index is 1.77. The summed E-state index contributed by atoms with van der Waals surface area (Å²) in [5, 5.41) is 0. The van der Waals surface area contributed by atoms with Crippen molar-refractivity contribution in [3.63, 3.8) is 0 Å². The van der Waals surface area contributed by atoms with E-state index in [-0.39, 0.29) is 0 Å². The molecule has 0 N–H and O–H groups in total. The minimum absolute atomic E-state index is 0.392. The summed E-state index contributed by atoms with van der Waals surface area (Å²) in [7, 11) is 0. The third kappa shape index (κ3) is 2.28. The largest absolute Gasteiger partial charge is 0.342 e. The maximum absolute atomic E-state index is 11.4. The van der Waals surface area contributed by atoms with Crippen molar-refractivity contribution in [1.82, 2.24) is 4.90 Å². The lowest BCUT2D eigenvalue weighted by Crippen LogP contribution is -2.32. The van der Waals surface area contributed by atoms with E-state index in [0.29, 0.717) is 5.91 Å². The van der Waals surface area contributed by atoms with Gasteiger partial charge in [0.25, 0.3) is 0 Å². The highest BCUT2D eigenvalue weighted by Crippen LogP contribution is 2.29. The van der Waals surface area contributed by atoms with Crippen LogP contribution in [0.25, 0.3) is 0 Å². The molecule has 0 bridgehead atoms. The fourth-order valence-corrected chi connectivity index (χ4v) is 2.72. The van der Waals surface area contributed by atoms with Crippen LogP contribution in [-0.4, -0.2) is 23.9 Å². The van der Waals surface area contributed by atoms with Crippen molar-refractivity contribution in [1.29, 1.82) is 0 Å². The first-order valence-corrected chi connectivity index (χ1v) is 6.03. The van der Waals surface area contributed by atoms with Crippen LogP contribution in [0.5, 0.6) is 0 Å². The van der Waals surface area contributed by atoms with E-state index < -0.39 is 0 Å². The van der Waals surface area contributed by atoms with Crippen molar-refractivity contribution >= 4 is 5.91 Å². The number of nitrogens with zero attached hydrogens (tertiary/aromatic N) is 1. The lowest BCUT2D eigenvalue weighted by atomic mass is 9.83. The minimum atomic E-state index is 0.392. The zero-order valence-corrected chi connectivity index (χ0v) is 9.17. The molecule has 0 aromatic rings. The maximum Gasteiger partial charge on any atom is 0.222 e. The molecule has 0 aromatic carbocycles. The fraction of sp³-hybridized carbons (Fsp3) is 0.917. The average Bonchev–Trinajstić information content (AvgIpc) is 2.56. The molecule has 1 saturated heterocycles. The molecule has 14 heavy (non-hydrogen) atoms. The van der Waals surface area contributed by atoms with E-state index in [2.05, 4.69) is 11.8 Å². The van der Waals surface area contributed by atoms with Gasteiger partial charge in [-0.2, -0.15) is 0 Å². The van der Waals surface area contributed by atoms with Crippen molar-refractivity contribution in [2.24, 2.45) is 11.8 Å². The number of amides is 1. The predicted molar refractivity (Wildman–Crippen MR) is 56.9 cm³/mol. The molecule has 0 unspecified atom stereocenters. The van der Waals surface area contributed by atoms with Crippen molar-refractivity contribution in [2.75, 3.05) is 13.1 Å². The SMILES string of the molecule is C[C@H]1CC[C@H](CN2CCCC2=O)CC1. The van der Waals surface area contributed by atoms with Gasteiger partial charge in [-0.1, -0.05) is 19.8 Å². The summed E-state index contributed by atoms with van der Waals surface area (Å²) in [5.41, 5.74) is 0. The molecule has 0 spiro atoms. The van der Waals surface area contributed by atoms with Crippen LogP contribution in [0, 0.1) is 11.8 Å². The van der Waals surface area contributed by atoms with Crippen LogP contribution in [0.3, 0.4) is 0 Å². The summed E-state index contributed by atoms with van der Waals surface area (Å²) < 4.78 is 0. The van der Waals surface area contributed by atoms with Gasteiger partial charge >= 0.3 is 0 Å². The molecule has 0 radical (unpaired) electrons. The first kappa shape index (κ1) is 10.0. The number of carbonyl (C=O) groups is 1. The molecule has 0 aromatic heterocycles. The quantitative estimate of drug-likeness (QED) is 0.662. The Bertz CT molecular complexity index is 206. The van der Waals surface area contributed by atoms with Crippen molar-refractivity contribution in [2.45, 2.75) is 45.4 Å². The van der Waals surface area contributed by atoms with Crippen LogP contribution in [0.1, 0.15) is 45.4 Å². The third-order valence-corrected chi connectivity index (χ3v) is 3.79. The monoisotopic (exact) mass is 195 g/mol. The number of likely N-dealkylation sites (tertiary alicyclic amines) is 1. The van der Waals surface area contributed by atoms with E-state index >= 15 is 0 Å². The smallest absolute Gasteiger partial charge is 0.222 e. The van der Waals surface area contributed by atoms with Gasteiger partial charge in [0.15, 0.2) is 0 Å². The Morgan fingerprint density at radius 3 is 2.57 bits per heavy atom. The number of hydrogen-bond donors (Lipinski definition) is 0. The van der Waals surface area contributed by atoms with Crippen LogP contribution >= 0.6 is 0 Å². The second-order valence-corrected chi connectivity index (χ2v) is 5.07. The molecule has 2 heteroatoms. The van der Waals surface area contributed by atoms with Gasteiger partial charge in [-0.15, -0.1) is 0 Å². The van der Waals surface area contributed by atoms with Gasteiger partial charge in [-0.3, -0.25) is 4.79 Å². The minimum Gasteiger partial charge on any atom is -0.342 e. The van der Waals surface area contributed by atoms with Gasteiger partial charge in [-0.05, 0) is 31.1 Å². The highest BCUT2D eigenvalue weighted by molar-refractivity contribution is 5.78. The van der Waals surface area contributed by atoms with Crippen LogP contribution in [0.4, 0.5) is 0 Å². The summed E-state index contributed by atoms with van der Waals surface area (Å²) in [5.74, 6) is 2.11. The molecular weight excluding hydrogens is 174 g/mol. The van der Waals surface area contributed by atoms with E-state index in [9.17, 15) is 4.79 Å². The Hall–Kier alpha value is -0.530. The molecule has 0 atom stereocenters. The van der Waals surface area contributed by atoms with Crippen molar-refractivity contribution in [3.05, 3.63) is 0 Å². The second-order valence-electron chi connectivity index (χ2n) is 5.07. The van der Waals surface area contributed by atoms with E-state index in [1.165, 1.54) is 25.7 Å². The van der Waals surface area contributed by atoms with Gasteiger partial charge in [0.1, 0.15) is 0 Å². The Labute approximate surface area is 86.7 Å². The average molecular weight is 195 g/mol. The lowest BCUT2D eigenvalue weighted by molar-refractivity contribution is -0.128. The van der Waals surface area contributed by atoms with Crippen LogP contribution in [0.2, 0.25) is 0 Å². The first-order valence-electron chi connectivity index (χ1n) is 6.03. The second kappa shape index (κ2) is 4.33. The number of carbonyl (C=O) groups excluding carboxylic acids is 1. The molecular formula is C12H21NO. The fourth-order valence-electron chi connectivity index (χ4n) is 2.72. The van der Waals surface area contributed by atoms with Crippen LogP contribution in [-0.2, 0) is 4.79 Å².